The second kappa shape index (κ2) is 8.06. The Morgan fingerprint density at radius 3 is 1.13 bits per heavy atom. The van der Waals surface area contributed by atoms with Crippen LogP contribution in [0.5, 0.6) is 0 Å². The van der Waals surface area contributed by atoms with Gasteiger partial charge in [0.25, 0.3) is 0 Å². The van der Waals surface area contributed by atoms with Crippen molar-refractivity contribution < 1.29 is 52.7 Å². The molecule has 176 valence electrons. The predicted octanol–water partition coefficient (Wildman–Crippen LogP) is 7.01. The van der Waals surface area contributed by atoms with Crippen molar-refractivity contribution in [3.05, 3.63) is 11.1 Å². The molecule has 0 fully saturated rings. The van der Waals surface area contributed by atoms with Gasteiger partial charge in [0.1, 0.15) is 0 Å². The molecule has 0 aliphatic heterocycles. The third-order valence-corrected chi connectivity index (χ3v) is 2.80. The number of hydrogen-bond donors (Lipinski definition) is 0. The first-order valence-electron chi connectivity index (χ1n) is 7.91. The predicted molar refractivity (Wildman–Crippen MR) is 85.6 cm³/mol. The van der Waals surface area contributed by atoms with Crippen LogP contribution in [0.1, 0.15) is 41.5 Å². The molecule has 0 rings (SSSR count). The van der Waals surface area contributed by atoms with E-state index >= 15 is 0 Å². The van der Waals surface area contributed by atoms with Crippen LogP contribution in [0.25, 0.3) is 0 Å². The molecule has 14 heteroatoms. The minimum Gasteiger partial charge on any atom is -0.274 e. The first-order valence-corrected chi connectivity index (χ1v) is 7.91. The molecule has 0 aromatic carbocycles. The number of hydrogen-bond acceptors (Lipinski definition) is 2. The number of allylic oxidation sites excluding steroid dienone is 2. The van der Waals surface area contributed by atoms with Crippen molar-refractivity contribution in [1.82, 2.24) is 0 Å². The molecule has 0 aliphatic carbocycles. The van der Waals surface area contributed by atoms with Crippen molar-refractivity contribution in [3.63, 3.8) is 0 Å². The van der Waals surface area contributed by atoms with Gasteiger partial charge in [-0.05, 0) is 41.5 Å². The van der Waals surface area contributed by atoms with E-state index in [0.29, 0.717) is 0 Å². The van der Waals surface area contributed by atoms with E-state index < -0.39 is 58.4 Å². The molecule has 0 unspecified atom stereocenters. The lowest BCUT2D eigenvalue weighted by molar-refractivity contribution is -0.263. The zero-order valence-electron chi connectivity index (χ0n) is 16.4. The van der Waals surface area contributed by atoms with E-state index in [-0.39, 0.29) is 0 Å². The van der Waals surface area contributed by atoms with Crippen molar-refractivity contribution in [2.75, 3.05) is 0 Å². The van der Waals surface area contributed by atoms with Crippen LogP contribution in [-0.4, -0.2) is 47.2 Å². The van der Waals surface area contributed by atoms with E-state index in [0.717, 1.165) is 41.5 Å². The molecule has 0 saturated heterocycles. The molecule has 0 heterocycles. The second-order valence-corrected chi connectivity index (χ2v) is 8.02. The summed E-state index contributed by atoms with van der Waals surface area (Å²) >= 11 is 0. The van der Waals surface area contributed by atoms with Gasteiger partial charge < -0.3 is 0 Å². The maximum Gasteiger partial charge on any atom is 0.458 e. The highest BCUT2D eigenvalue weighted by Crippen LogP contribution is 2.48. The molecule has 0 atom stereocenters. The lowest BCUT2D eigenvalue weighted by Crippen LogP contribution is -2.46. The summed E-state index contributed by atoms with van der Waals surface area (Å²) in [5.41, 5.74) is -14.2. The molecular weight excluding hydrogens is 448 g/mol. The van der Waals surface area contributed by atoms with Gasteiger partial charge in [0.05, 0.1) is 22.2 Å². The summed E-state index contributed by atoms with van der Waals surface area (Å²) in [7, 11) is 0. The minimum absolute atomic E-state index is 0.827. The van der Waals surface area contributed by atoms with Crippen molar-refractivity contribution in [1.29, 1.82) is 0 Å². The summed E-state index contributed by atoms with van der Waals surface area (Å²) in [6.45, 7) is 5.22. The maximum atomic E-state index is 14.3. The van der Waals surface area contributed by atoms with Gasteiger partial charge in [0.2, 0.25) is 5.97 Å². The van der Waals surface area contributed by atoms with Crippen molar-refractivity contribution in [2.24, 2.45) is 9.98 Å². The monoisotopic (exact) mass is 466 g/mol. The maximum absolute atomic E-state index is 14.3. The summed E-state index contributed by atoms with van der Waals surface area (Å²) in [4.78, 5) is 5.31. The Labute approximate surface area is 163 Å². The van der Waals surface area contributed by atoms with Gasteiger partial charge in [-0.25, -0.2) is 0 Å². The van der Waals surface area contributed by atoms with E-state index in [4.69, 9.17) is 0 Å². The van der Waals surface area contributed by atoms with Crippen LogP contribution in [0.2, 0.25) is 0 Å². The van der Waals surface area contributed by atoms with Gasteiger partial charge in [-0.2, -0.15) is 52.7 Å². The Bertz CT molecular complexity index is 720. The van der Waals surface area contributed by atoms with Crippen LogP contribution in [-0.2, 0) is 0 Å². The summed E-state index contributed by atoms with van der Waals surface area (Å²) in [5.74, 6) is -9.73. The third kappa shape index (κ3) is 7.49. The van der Waals surface area contributed by atoms with Gasteiger partial charge in [0, 0.05) is 0 Å². The minimum atomic E-state index is -6.87. The molecule has 0 radical (unpaired) electrons. The Balaban J connectivity index is 7.93. The molecule has 0 aromatic rings. The largest absolute Gasteiger partial charge is 0.458 e. The van der Waals surface area contributed by atoms with Gasteiger partial charge in [-0.3, -0.25) is 9.98 Å². The van der Waals surface area contributed by atoms with E-state index in [1.165, 1.54) is 0 Å². The smallest absolute Gasteiger partial charge is 0.274 e. The second-order valence-electron chi connectivity index (χ2n) is 8.02. The molecule has 0 aliphatic rings. The average Bonchev–Trinajstić information content (AvgIpc) is 2.34. The SMILES string of the molecule is CC(C)(C)N=C(F)/C(=C(/C(=NC(C)(C)C)C(F)(F)F)C(F)(F)F)C(F)(F)C(F)(F)F. The highest BCUT2D eigenvalue weighted by molar-refractivity contribution is 6.12. The Hall–Kier alpha value is -1.76. The number of halogens is 12. The molecule has 0 N–H and O–H groups in total. The van der Waals surface area contributed by atoms with E-state index in [1.54, 1.807) is 0 Å². The van der Waals surface area contributed by atoms with E-state index in [9.17, 15) is 52.7 Å². The fraction of sp³-hybridized carbons (Fsp3) is 0.750. The van der Waals surface area contributed by atoms with Gasteiger partial charge in [0.15, 0.2) is 5.71 Å². The van der Waals surface area contributed by atoms with Crippen molar-refractivity contribution in [3.8, 4) is 0 Å². The molecular formula is C16H18F12N2. The van der Waals surface area contributed by atoms with Crippen LogP contribution in [0, 0.1) is 0 Å². The van der Waals surface area contributed by atoms with Crippen molar-refractivity contribution >= 4 is 11.7 Å². The number of aliphatic imine (C=N–C) groups is 2. The Morgan fingerprint density at radius 2 is 0.900 bits per heavy atom. The van der Waals surface area contributed by atoms with Crippen LogP contribution in [0.3, 0.4) is 0 Å². The van der Waals surface area contributed by atoms with Crippen LogP contribution in [0.4, 0.5) is 52.7 Å². The van der Waals surface area contributed by atoms with Crippen LogP contribution < -0.4 is 0 Å². The zero-order valence-corrected chi connectivity index (χ0v) is 16.4. The average molecular weight is 466 g/mol. The van der Waals surface area contributed by atoms with E-state index in [1.807, 2.05) is 0 Å². The highest BCUT2D eigenvalue weighted by Gasteiger charge is 2.66. The Morgan fingerprint density at radius 1 is 0.533 bits per heavy atom. The summed E-state index contributed by atoms with van der Waals surface area (Å²) in [6.07, 6.45) is -19.5. The van der Waals surface area contributed by atoms with Crippen LogP contribution in [0.15, 0.2) is 21.1 Å². The Kier molecular flexibility index (Phi) is 7.59. The van der Waals surface area contributed by atoms with Crippen LogP contribution >= 0.6 is 0 Å². The molecule has 0 spiro atoms. The summed E-state index contributed by atoms with van der Waals surface area (Å²) in [5, 5.41) is 0. The lowest BCUT2D eigenvalue weighted by Gasteiger charge is -2.28. The number of nitrogens with zero attached hydrogens (tertiary/aromatic N) is 2. The molecule has 0 amide bonds. The molecule has 0 aromatic heterocycles. The van der Waals surface area contributed by atoms with Gasteiger partial charge >= 0.3 is 24.5 Å². The normalized spacial score (nSPS) is 17.3. The van der Waals surface area contributed by atoms with Crippen molar-refractivity contribution in [2.45, 2.75) is 77.1 Å². The molecule has 0 bridgehead atoms. The summed E-state index contributed by atoms with van der Waals surface area (Å²) in [6, 6.07) is 0. The third-order valence-electron chi connectivity index (χ3n) is 2.80. The highest BCUT2D eigenvalue weighted by atomic mass is 19.4. The molecule has 0 saturated carbocycles. The van der Waals surface area contributed by atoms with Gasteiger partial charge in [-0.1, -0.05) is 0 Å². The number of rotatable bonds is 3. The molecule has 2 nitrogen and oxygen atoms in total. The zero-order chi connectivity index (χ0) is 24.7. The fourth-order valence-corrected chi connectivity index (χ4v) is 1.87. The fourth-order valence-electron chi connectivity index (χ4n) is 1.87. The standard InChI is InChI=1S/C16H18F12N2/c1-11(2,3)29-9(15(23,24)25)7(14(20,21)22)8(10(17)30-12(4,5)6)13(18,19)16(26,27)28/h1-6H3/b8-7+,29-9?,30-10?. The first-order chi connectivity index (χ1) is 12.7. The molecule has 30 heavy (non-hydrogen) atoms. The summed E-state index contributed by atoms with van der Waals surface area (Å²) < 4.78 is 161. The number of alkyl halides is 11. The lowest BCUT2D eigenvalue weighted by atomic mass is 9.95. The van der Waals surface area contributed by atoms with E-state index in [2.05, 4.69) is 9.98 Å². The first kappa shape index (κ1) is 28.2. The topological polar surface area (TPSA) is 24.7 Å². The quantitative estimate of drug-likeness (QED) is 0.316. The van der Waals surface area contributed by atoms with Gasteiger partial charge in [-0.15, -0.1) is 0 Å².